The molecule has 0 saturated carbocycles. The van der Waals surface area contributed by atoms with Gasteiger partial charge >= 0.3 is 11.9 Å². The first kappa shape index (κ1) is 16.5. The summed E-state index contributed by atoms with van der Waals surface area (Å²) in [5.41, 5.74) is 6.20. The molecule has 0 spiro atoms. The number of nitrogens with two attached hydrogens (primary N) is 1. The molecule has 1 aromatic carbocycles. The van der Waals surface area contributed by atoms with Gasteiger partial charge in [0, 0.05) is 23.0 Å². The molecule has 1 aromatic rings. The van der Waals surface area contributed by atoms with E-state index in [1.807, 2.05) is 0 Å². The summed E-state index contributed by atoms with van der Waals surface area (Å²) in [6, 6.07) is 5.21. The molecule has 0 fully saturated rings. The number of hydrogen-bond donors (Lipinski definition) is 3. The fraction of sp³-hybridized carbons (Fsp3) is 0.250. The third kappa shape index (κ3) is 2.60. The molecule has 1 unspecified atom stereocenters. The van der Waals surface area contributed by atoms with E-state index in [1.165, 1.54) is 0 Å². The number of allylic oxidation sites excluding steroid dienone is 2. The van der Waals surface area contributed by atoms with Crippen LogP contribution in [0.15, 0.2) is 46.0 Å². The third-order valence-electron chi connectivity index (χ3n) is 3.97. The van der Waals surface area contributed by atoms with Crippen molar-refractivity contribution in [1.82, 2.24) is 0 Å². The standard InChI is InChI=1S/C16H16BrNO4/c1-9-5-6-16(15(21)22,7-11(9)14(19)20)12-4-2-3-10(8-18)13(12)17/h2-6H,7-8,18H2,1H3,(H,19,20)(H,21,22). The maximum atomic E-state index is 12.0. The SMILES string of the molecule is CC1=C(C(=O)O)CC(C(=O)O)(c2cccc(CN)c2Br)C=C1. The fourth-order valence-corrected chi connectivity index (χ4v) is 3.40. The van der Waals surface area contributed by atoms with E-state index in [0.717, 1.165) is 5.56 Å². The Balaban J connectivity index is 2.66. The number of rotatable bonds is 4. The van der Waals surface area contributed by atoms with Crippen molar-refractivity contribution >= 4 is 27.9 Å². The van der Waals surface area contributed by atoms with Gasteiger partial charge in [-0.2, -0.15) is 0 Å². The minimum absolute atomic E-state index is 0.105. The van der Waals surface area contributed by atoms with Crippen LogP contribution in [0.3, 0.4) is 0 Å². The Hall–Kier alpha value is -1.92. The van der Waals surface area contributed by atoms with E-state index in [4.69, 9.17) is 5.73 Å². The van der Waals surface area contributed by atoms with E-state index in [9.17, 15) is 19.8 Å². The molecular weight excluding hydrogens is 350 g/mol. The van der Waals surface area contributed by atoms with Crippen LogP contribution in [-0.4, -0.2) is 22.2 Å². The minimum Gasteiger partial charge on any atom is -0.480 e. The lowest BCUT2D eigenvalue weighted by Gasteiger charge is -2.31. The van der Waals surface area contributed by atoms with Crippen LogP contribution in [0.4, 0.5) is 0 Å². The lowest BCUT2D eigenvalue weighted by molar-refractivity contribution is -0.142. The van der Waals surface area contributed by atoms with Crippen LogP contribution in [0.25, 0.3) is 0 Å². The Morgan fingerprint density at radius 3 is 2.59 bits per heavy atom. The largest absolute Gasteiger partial charge is 0.480 e. The summed E-state index contributed by atoms with van der Waals surface area (Å²) in [5, 5.41) is 19.1. The average molecular weight is 366 g/mol. The monoisotopic (exact) mass is 365 g/mol. The maximum absolute atomic E-state index is 12.0. The Morgan fingerprint density at radius 1 is 1.36 bits per heavy atom. The van der Waals surface area contributed by atoms with Crippen molar-refractivity contribution in [3.63, 3.8) is 0 Å². The normalized spacial score (nSPS) is 21.0. The first-order chi connectivity index (χ1) is 10.3. The van der Waals surface area contributed by atoms with Crippen LogP contribution in [0.2, 0.25) is 0 Å². The summed E-state index contributed by atoms with van der Waals surface area (Å²) in [6.45, 7) is 1.92. The highest BCUT2D eigenvalue weighted by Gasteiger charge is 2.43. The van der Waals surface area contributed by atoms with Gasteiger partial charge in [-0.3, -0.25) is 4.79 Å². The molecule has 2 rings (SSSR count). The molecule has 1 atom stereocenters. The quantitative estimate of drug-likeness (QED) is 0.761. The zero-order valence-electron chi connectivity index (χ0n) is 12.0. The van der Waals surface area contributed by atoms with Gasteiger partial charge in [-0.1, -0.05) is 46.3 Å². The molecule has 6 heteroatoms. The Bertz CT molecular complexity index is 708. The summed E-state index contributed by atoms with van der Waals surface area (Å²) in [4.78, 5) is 23.4. The number of carboxylic acid groups (broad SMARTS) is 2. The number of halogens is 1. The van der Waals surface area contributed by atoms with Crippen LogP contribution < -0.4 is 5.73 Å². The number of benzene rings is 1. The van der Waals surface area contributed by atoms with Gasteiger partial charge in [-0.05, 0) is 23.6 Å². The van der Waals surface area contributed by atoms with Gasteiger partial charge < -0.3 is 15.9 Å². The maximum Gasteiger partial charge on any atom is 0.331 e. The van der Waals surface area contributed by atoms with Gasteiger partial charge in [0.25, 0.3) is 0 Å². The first-order valence-corrected chi connectivity index (χ1v) is 7.46. The van der Waals surface area contributed by atoms with Gasteiger partial charge in [-0.25, -0.2) is 4.79 Å². The van der Waals surface area contributed by atoms with E-state index in [1.54, 1.807) is 37.3 Å². The summed E-state index contributed by atoms with van der Waals surface area (Å²) in [7, 11) is 0. The molecule has 116 valence electrons. The van der Waals surface area contributed by atoms with E-state index in [-0.39, 0.29) is 18.5 Å². The molecule has 0 heterocycles. The van der Waals surface area contributed by atoms with E-state index >= 15 is 0 Å². The van der Waals surface area contributed by atoms with E-state index in [2.05, 4.69) is 15.9 Å². The molecule has 0 aromatic heterocycles. The second-order valence-corrected chi connectivity index (χ2v) is 6.03. The molecule has 0 aliphatic heterocycles. The molecule has 1 aliphatic carbocycles. The van der Waals surface area contributed by atoms with Crippen molar-refractivity contribution in [2.45, 2.75) is 25.3 Å². The molecule has 1 aliphatic rings. The minimum atomic E-state index is -1.42. The average Bonchev–Trinajstić information content (AvgIpc) is 2.48. The number of carboxylic acids is 2. The molecule has 0 saturated heterocycles. The zero-order chi connectivity index (χ0) is 16.5. The Labute approximate surface area is 136 Å². The van der Waals surface area contributed by atoms with E-state index < -0.39 is 17.4 Å². The number of hydrogen-bond acceptors (Lipinski definition) is 3. The van der Waals surface area contributed by atoms with Crippen molar-refractivity contribution in [2.75, 3.05) is 0 Å². The van der Waals surface area contributed by atoms with Gasteiger partial charge in [0.2, 0.25) is 0 Å². The third-order valence-corrected chi connectivity index (χ3v) is 4.90. The summed E-state index contributed by atoms with van der Waals surface area (Å²) < 4.78 is 0.605. The zero-order valence-corrected chi connectivity index (χ0v) is 13.6. The predicted octanol–water partition coefficient (Wildman–Crippen LogP) is 2.59. The van der Waals surface area contributed by atoms with Gasteiger partial charge in [0.05, 0.1) is 0 Å². The van der Waals surface area contributed by atoms with Crippen molar-refractivity contribution in [1.29, 1.82) is 0 Å². The van der Waals surface area contributed by atoms with E-state index in [0.29, 0.717) is 15.6 Å². The highest BCUT2D eigenvalue weighted by Crippen LogP contribution is 2.42. The summed E-state index contributed by atoms with van der Waals surface area (Å²) in [5.74, 6) is -2.19. The molecule has 22 heavy (non-hydrogen) atoms. The smallest absolute Gasteiger partial charge is 0.331 e. The van der Waals surface area contributed by atoms with Crippen molar-refractivity contribution in [3.8, 4) is 0 Å². The summed E-state index contributed by atoms with van der Waals surface area (Å²) in [6.07, 6.45) is 3.01. The second kappa shape index (κ2) is 6.06. The van der Waals surface area contributed by atoms with Crippen LogP contribution >= 0.6 is 15.9 Å². The Morgan fingerprint density at radius 2 is 2.05 bits per heavy atom. The number of carbonyl (C=O) groups is 2. The van der Waals surface area contributed by atoms with Gasteiger partial charge in [0.1, 0.15) is 5.41 Å². The molecule has 4 N–H and O–H groups in total. The van der Waals surface area contributed by atoms with Crippen molar-refractivity contribution in [2.24, 2.45) is 5.73 Å². The van der Waals surface area contributed by atoms with Gasteiger partial charge in [-0.15, -0.1) is 0 Å². The number of aliphatic carboxylic acids is 2. The van der Waals surface area contributed by atoms with Crippen molar-refractivity contribution < 1.29 is 19.8 Å². The second-order valence-electron chi connectivity index (χ2n) is 5.24. The summed E-state index contributed by atoms with van der Waals surface area (Å²) >= 11 is 3.41. The Kier molecular flexibility index (Phi) is 4.53. The van der Waals surface area contributed by atoms with Gasteiger partial charge in [0.15, 0.2) is 0 Å². The fourth-order valence-electron chi connectivity index (χ4n) is 2.62. The highest BCUT2D eigenvalue weighted by atomic mass is 79.9. The molecular formula is C16H16BrNO4. The highest BCUT2D eigenvalue weighted by molar-refractivity contribution is 9.10. The lowest BCUT2D eigenvalue weighted by atomic mass is 9.71. The van der Waals surface area contributed by atoms with Crippen LogP contribution in [-0.2, 0) is 21.5 Å². The van der Waals surface area contributed by atoms with Crippen LogP contribution in [0.5, 0.6) is 0 Å². The topological polar surface area (TPSA) is 101 Å². The molecule has 0 radical (unpaired) electrons. The molecule has 0 bridgehead atoms. The van der Waals surface area contributed by atoms with Crippen LogP contribution in [0, 0.1) is 0 Å². The van der Waals surface area contributed by atoms with Crippen LogP contribution in [0.1, 0.15) is 24.5 Å². The first-order valence-electron chi connectivity index (χ1n) is 6.67. The predicted molar refractivity (Wildman–Crippen MR) is 85.4 cm³/mol. The van der Waals surface area contributed by atoms with Crippen molar-refractivity contribution in [3.05, 3.63) is 57.1 Å². The molecule has 0 amide bonds. The lowest BCUT2D eigenvalue weighted by Crippen LogP contribution is -2.37. The molecule has 5 nitrogen and oxygen atoms in total.